The van der Waals surface area contributed by atoms with Gasteiger partial charge in [0, 0.05) is 5.39 Å². The van der Waals surface area contributed by atoms with Gasteiger partial charge in [-0.2, -0.15) is 0 Å². The van der Waals surface area contributed by atoms with Crippen LogP contribution in [0.25, 0.3) is 21.0 Å². The summed E-state index contributed by atoms with van der Waals surface area (Å²) in [5.74, 6) is -1.59. The molecule has 1 N–H and O–H groups in total. The van der Waals surface area contributed by atoms with Crippen LogP contribution in [0.2, 0.25) is 0 Å². The van der Waals surface area contributed by atoms with Crippen LogP contribution in [0.5, 0.6) is 0 Å². The highest BCUT2D eigenvalue weighted by molar-refractivity contribution is 7.93. The number of hydrogen-bond donors (Lipinski definition) is 1. The van der Waals surface area contributed by atoms with Crippen LogP contribution >= 0.6 is 11.3 Å². The fourth-order valence-corrected chi connectivity index (χ4v) is 5.48. The molecule has 1 aromatic heterocycles. The molecular formula is C21H16N2O6S2. The van der Waals surface area contributed by atoms with Gasteiger partial charge in [-0.3, -0.25) is 4.72 Å². The van der Waals surface area contributed by atoms with Crippen molar-refractivity contribution in [2.75, 3.05) is 18.9 Å². The Kier molecular flexibility index (Phi) is 5.34. The van der Waals surface area contributed by atoms with Crippen LogP contribution in [0.15, 0.2) is 59.5 Å². The Morgan fingerprint density at radius 1 is 0.968 bits per heavy atom. The van der Waals surface area contributed by atoms with Crippen molar-refractivity contribution in [3.05, 3.63) is 65.7 Å². The third-order valence-corrected chi connectivity index (χ3v) is 7.05. The maximum Gasteiger partial charge on any atom is 0.339 e. The Morgan fingerprint density at radius 2 is 1.71 bits per heavy atom. The molecule has 0 saturated carbocycles. The number of rotatable bonds is 5. The van der Waals surface area contributed by atoms with E-state index in [4.69, 9.17) is 0 Å². The molecule has 3 aromatic carbocycles. The summed E-state index contributed by atoms with van der Waals surface area (Å²) in [6.45, 7) is 0. The van der Waals surface area contributed by atoms with Crippen LogP contribution in [0.4, 0.5) is 5.13 Å². The molecule has 0 fully saturated rings. The van der Waals surface area contributed by atoms with E-state index < -0.39 is 26.9 Å². The summed E-state index contributed by atoms with van der Waals surface area (Å²) in [5, 5.41) is 2.00. The number of carbonyl (C=O) groups is 2. The van der Waals surface area contributed by atoms with Gasteiger partial charge in [-0.05, 0) is 29.7 Å². The van der Waals surface area contributed by atoms with Gasteiger partial charge in [-0.15, -0.1) is 0 Å². The lowest BCUT2D eigenvalue weighted by Gasteiger charge is -2.11. The van der Waals surface area contributed by atoms with Crippen LogP contribution in [0.3, 0.4) is 0 Å². The smallest absolute Gasteiger partial charge is 0.339 e. The fraction of sp³-hybridized carbons (Fsp3) is 0.0952. The van der Waals surface area contributed by atoms with E-state index in [2.05, 4.69) is 19.2 Å². The number of anilines is 1. The Bertz CT molecular complexity index is 1440. The second-order valence-electron chi connectivity index (χ2n) is 6.45. The van der Waals surface area contributed by atoms with Gasteiger partial charge < -0.3 is 9.47 Å². The molecular weight excluding hydrogens is 440 g/mol. The number of aromatic nitrogens is 1. The number of ether oxygens (including phenoxy) is 2. The fourth-order valence-electron chi connectivity index (χ4n) is 3.14. The lowest BCUT2D eigenvalue weighted by atomic mass is 10.1. The average Bonchev–Trinajstić information content (AvgIpc) is 3.19. The summed E-state index contributed by atoms with van der Waals surface area (Å²) in [7, 11) is -1.96. The van der Waals surface area contributed by atoms with Gasteiger partial charge in [0.25, 0.3) is 10.0 Å². The zero-order chi connectivity index (χ0) is 22.2. The van der Waals surface area contributed by atoms with Crippen molar-refractivity contribution in [2.24, 2.45) is 0 Å². The van der Waals surface area contributed by atoms with E-state index in [1.165, 1.54) is 19.2 Å². The topological polar surface area (TPSA) is 112 Å². The van der Waals surface area contributed by atoms with E-state index in [9.17, 15) is 18.0 Å². The van der Waals surface area contributed by atoms with Crippen molar-refractivity contribution < 1.29 is 27.5 Å². The minimum absolute atomic E-state index is 0.0224. The zero-order valence-electron chi connectivity index (χ0n) is 16.4. The predicted molar refractivity (Wildman–Crippen MR) is 117 cm³/mol. The molecule has 0 radical (unpaired) electrons. The molecule has 0 bridgehead atoms. The second kappa shape index (κ2) is 7.97. The number of sulfonamides is 1. The molecule has 0 spiro atoms. The van der Waals surface area contributed by atoms with Crippen LogP contribution in [0, 0.1) is 0 Å². The summed E-state index contributed by atoms with van der Waals surface area (Å²) in [4.78, 5) is 28.0. The molecule has 158 valence electrons. The molecule has 0 aliphatic heterocycles. The first-order chi connectivity index (χ1) is 14.8. The highest BCUT2D eigenvalue weighted by Crippen LogP contribution is 2.33. The predicted octanol–water partition coefficient (Wildman–Crippen LogP) is 3.82. The van der Waals surface area contributed by atoms with E-state index >= 15 is 0 Å². The lowest BCUT2D eigenvalue weighted by Crippen LogP contribution is -2.18. The molecule has 0 aliphatic carbocycles. The zero-order valence-corrected chi connectivity index (χ0v) is 18.0. The normalized spacial score (nSPS) is 11.4. The Morgan fingerprint density at radius 3 is 2.45 bits per heavy atom. The summed E-state index contributed by atoms with van der Waals surface area (Å²) in [6, 6.07) is 15.0. The molecule has 0 aliphatic rings. The van der Waals surface area contributed by atoms with Crippen molar-refractivity contribution in [3.8, 4) is 0 Å². The SMILES string of the molecule is COC(=O)c1ccc(C(=O)OC)c(S(=O)(=O)Nc2nc3c(ccc4ccccc43)s2)c1. The molecule has 0 amide bonds. The molecule has 31 heavy (non-hydrogen) atoms. The van der Waals surface area contributed by atoms with Crippen molar-refractivity contribution in [1.82, 2.24) is 4.98 Å². The first kappa shape index (κ1) is 20.8. The van der Waals surface area contributed by atoms with E-state index in [1.807, 2.05) is 36.4 Å². The maximum atomic E-state index is 13.1. The number of hydrogen-bond acceptors (Lipinski definition) is 8. The first-order valence-electron chi connectivity index (χ1n) is 8.96. The van der Waals surface area contributed by atoms with E-state index in [1.54, 1.807) is 0 Å². The number of nitrogens with zero attached hydrogens (tertiary/aromatic N) is 1. The van der Waals surface area contributed by atoms with Crippen molar-refractivity contribution in [2.45, 2.75) is 4.90 Å². The van der Waals surface area contributed by atoms with E-state index in [0.29, 0.717) is 5.52 Å². The van der Waals surface area contributed by atoms with Gasteiger partial charge in [0.05, 0.1) is 35.6 Å². The summed E-state index contributed by atoms with van der Waals surface area (Å²) in [5.41, 5.74) is 0.428. The van der Waals surface area contributed by atoms with Crippen LogP contribution in [-0.2, 0) is 19.5 Å². The molecule has 0 atom stereocenters. The number of esters is 2. The molecule has 0 saturated heterocycles. The first-order valence-corrected chi connectivity index (χ1v) is 11.3. The second-order valence-corrected chi connectivity index (χ2v) is 9.13. The highest BCUT2D eigenvalue weighted by atomic mass is 32.2. The minimum atomic E-state index is -4.27. The summed E-state index contributed by atoms with van der Waals surface area (Å²) in [6.07, 6.45) is 0. The Labute approximate surface area is 181 Å². The number of fused-ring (bicyclic) bond motifs is 3. The highest BCUT2D eigenvalue weighted by Gasteiger charge is 2.26. The van der Waals surface area contributed by atoms with Crippen molar-refractivity contribution in [1.29, 1.82) is 0 Å². The number of nitrogens with one attached hydrogen (secondary N) is 1. The van der Waals surface area contributed by atoms with Crippen molar-refractivity contribution in [3.63, 3.8) is 0 Å². The van der Waals surface area contributed by atoms with E-state index in [0.717, 1.165) is 40.0 Å². The third-order valence-electron chi connectivity index (χ3n) is 4.60. The standard InChI is InChI=1S/C21H16N2O6S2/c1-28-19(24)13-7-9-15(20(25)29-2)17(11-13)31(26,27)23-21-22-18-14-6-4-3-5-12(14)8-10-16(18)30-21/h3-11H,1-2H3,(H,22,23). The van der Waals surface area contributed by atoms with Gasteiger partial charge in [0.15, 0.2) is 5.13 Å². The van der Waals surface area contributed by atoms with Crippen molar-refractivity contribution >= 4 is 59.4 Å². The third kappa shape index (κ3) is 3.82. The molecule has 1 heterocycles. The number of methoxy groups -OCH3 is 2. The van der Waals surface area contributed by atoms with Gasteiger partial charge in [0.2, 0.25) is 0 Å². The number of thiazole rings is 1. The summed E-state index contributed by atoms with van der Waals surface area (Å²) >= 11 is 1.16. The van der Waals surface area contributed by atoms with Crippen LogP contribution in [-0.4, -0.2) is 39.6 Å². The Balaban J connectivity index is 1.80. The molecule has 0 unspecified atom stereocenters. The monoisotopic (exact) mass is 456 g/mol. The van der Waals surface area contributed by atoms with Crippen LogP contribution < -0.4 is 4.72 Å². The molecule has 4 aromatic rings. The maximum absolute atomic E-state index is 13.1. The van der Waals surface area contributed by atoms with Gasteiger partial charge >= 0.3 is 11.9 Å². The number of benzene rings is 3. The summed E-state index contributed by atoms with van der Waals surface area (Å²) < 4.78 is 38.8. The van der Waals surface area contributed by atoms with Gasteiger partial charge in [-0.25, -0.2) is 23.0 Å². The molecule has 4 rings (SSSR count). The number of carbonyl (C=O) groups excluding carboxylic acids is 2. The van der Waals surface area contributed by atoms with E-state index in [-0.39, 0.29) is 16.3 Å². The Hall–Kier alpha value is -3.50. The lowest BCUT2D eigenvalue weighted by molar-refractivity contribution is 0.0583. The van der Waals surface area contributed by atoms with Gasteiger partial charge in [-0.1, -0.05) is 41.7 Å². The largest absolute Gasteiger partial charge is 0.465 e. The molecule has 8 nitrogen and oxygen atoms in total. The average molecular weight is 457 g/mol. The van der Waals surface area contributed by atoms with Crippen LogP contribution in [0.1, 0.15) is 20.7 Å². The van der Waals surface area contributed by atoms with Gasteiger partial charge in [0.1, 0.15) is 4.90 Å². The minimum Gasteiger partial charge on any atom is -0.465 e. The quantitative estimate of drug-likeness (QED) is 0.454. The molecule has 10 heteroatoms.